The molecule has 0 N–H and O–H groups in total. The van der Waals surface area contributed by atoms with Gasteiger partial charge in [0.2, 0.25) is 5.71 Å². The number of fused-ring (bicyclic) bond motifs is 13. The van der Waals surface area contributed by atoms with E-state index in [0.29, 0.717) is 11.5 Å². The molecule has 2 aromatic heterocycles. The van der Waals surface area contributed by atoms with Gasteiger partial charge in [0.25, 0.3) is 0 Å². The van der Waals surface area contributed by atoms with Gasteiger partial charge in [-0.1, -0.05) is 148 Å². The van der Waals surface area contributed by atoms with Gasteiger partial charge in [0.15, 0.2) is 5.82 Å². The fourth-order valence-electron chi connectivity index (χ4n) is 11.5. The molecule has 0 unspecified atom stereocenters. The summed E-state index contributed by atoms with van der Waals surface area (Å²) < 4.78 is 6.41. The smallest absolute Gasteiger partial charge is 0.231 e. The van der Waals surface area contributed by atoms with Crippen LogP contribution in [0.15, 0.2) is 138 Å². The zero-order chi connectivity index (χ0) is 36.1. The maximum absolute atomic E-state index is 6.41. The standard InChI is InChI=1S/C52H42N2O/c1-4-16-33(17-5-1)48-47-38-21-7-9-25-45(38)55-50(47)54-49(53-48)35-19-14-18-34(30-35)36-22-15-24-42-46(36)40-32-43-39(31-44(40)52(42)28-12-3-13-29-52)37-20-6-8-23-41(37)51(43)26-10-2-11-27-51/h1,4-9,14-25,30-32H,2-3,10-13,26-29H2. The maximum atomic E-state index is 6.41. The van der Waals surface area contributed by atoms with Gasteiger partial charge in [-0.15, -0.1) is 0 Å². The second-order valence-electron chi connectivity index (χ2n) is 16.6. The van der Waals surface area contributed by atoms with Crippen LogP contribution in [0.3, 0.4) is 0 Å². The second-order valence-corrected chi connectivity index (χ2v) is 16.6. The van der Waals surface area contributed by atoms with E-state index in [4.69, 9.17) is 14.4 Å². The minimum Gasteiger partial charge on any atom is -0.438 e. The van der Waals surface area contributed by atoms with E-state index in [0.717, 1.165) is 33.2 Å². The lowest BCUT2D eigenvalue weighted by Crippen LogP contribution is -2.29. The third kappa shape index (κ3) is 4.44. The van der Waals surface area contributed by atoms with E-state index in [1.165, 1.54) is 103 Å². The molecule has 2 spiro atoms. The van der Waals surface area contributed by atoms with Crippen LogP contribution in [0.1, 0.15) is 86.5 Å². The number of para-hydroxylation sites is 1. The zero-order valence-corrected chi connectivity index (χ0v) is 31.1. The van der Waals surface area contributed by atoms with E-state index in [2.05, 4.69) is 121 Å². The lowest BCUT2D eigenvalue weighted by atomic mass is 9.66. The summed E-state index contributed by atoms with van der Waals surface area (Å²) in [7, 11) is 0. The molecular formula is C52H42N2O. The molecule has 0 amide bonds. The van der Waals surface area contributed by atoms with E-state index in [1.54, 1.807) is 16.7 Å². The van der Waals surface area contributed by atoms with Gasteiger partial charge < -0.3 is 4.42 Å². The van der Waals surface area contributed by atoms with Crippen LogP contribution in [-0.2, 0) is 10.8 Å². The molecule has 266 valence electrons. The quantitative estimate of drug-likeness (QED) is 0.183. The molecule has 0 saturated heterocycles. The van der Waals surface area contributed by atoms with Gasteiger partial charge >= 0.3 is 0 Å². The minimum atomic E-state index is 0.0584. The summed E-state index contributed by atoms with van der Waals surface area (Å²) in [5.41, 5.74) is 19.3. The van der Waals surface area contributed by atoms with Crippen LogP contribution in [0.25, 0.3) is 78.1 Å². The van der Waals surface area contributed by atoms with Crippen molar-refractivity contribution in [2.45, 2.75) is 75.0 Å². The molecule has 0 bridgehead atoms. The highest BCUT2D eigenvalue weighted by Gasteiger charge is 2.49. The van der Waals surface area contributed by atoms with Gasteiger partial charge in [-0.25, -0.2) is 4.98 Å². The van der Waals surface area contributed by atoms with Crippen LogP contribution in [-0.4, -0.2) is 9.97 Å². The van der Waals surface area contributed by atoms with Crippen molar-refractivity contribution in [1.29, 1.82) is 0 Å². The van der Waals surface area contributed by atoms with E-state index >= 15 is 0 Å². The van der Waals surface area contributed by atoms with Crippen molar-refractivity contribution >= 4 is 22.1 Å². The Morgan fingerprint density at radius 2 is 1.05 bits per heavy atom. The number of furan rings is 1. The van der Waals surface area contributed by atoms with Crippen LogP contribution in [0.4, 0.5) is 0 Å². The van der Waals surface area contributed by atoms with Crippen LogP contribution < -0.4 is 0 Å². The van der Waals surface area contributed by atoms with Crippen LogP contribution in [0, 0.1) is 0 Å². The maximum Gasteiger partial charge on any atom is 0.231 e. The molecule has 3 heteroatoms. The van der Waals surface area contributed by atoms with Gasteiger partial charge in [0.05, 0.1) is 11.1 Å². The first-order chi connectivity index (χ1) is 27.2. The van der Waals surface area contributed by atoms with Crippen molar-refractivity contribution in [2.24, 2.45) is 0 Å². The summed E-state index contributed by atoms with van der Waals surface area (Å²) >= 11 is 0. The SMILES string of the molecule is c1ccc(-c2nc(-c3cccc(-c4cccc5c4-c4cc6c(cc4C54CCCCC4)-c4ccccc4C64CCCCC4)c3)nc3oc4ccccc4c23)cc1. The summed E-state index contributed by atoms with van der Waals surface area (Å²) in [6.07, 6.45) is 12.8. The van der Waals surface area contributed by atoms with Gasteiger partial charge in [0, 0.05) is 27.3 Å². The van der Waals surface area contributed by atoms with Crippen LogP contribution >= 0.6 is 0 Å². The largest absolute Gasteiger partial charge is 0.438 e. The highest BCUT2D eigenvalue weighted by molar-refractivity contribution is 6.10. The van der Waals surface area contributed by atoms with Crippen molar-refractivity contribution < 1.29 is 4.42 Å². The Labute approximate surface area is 322 Å². The first-order valence-corrected chi connectivity index (χ1v) is 20.5. The first-order valence-electron chi connectivity index (χ1n) is 20.5. The van der Waals surface area contributed by atoms with Crippen LogP contribution in [0.2, 0.25) is 0 Å². The number of benzene rings is 6. The summed E-state index contributed by atoms with van der Waals surface area (Å²) in [4.78, 5) is 10.4. The number of nitrogens with zero attached hydrogens (tertiary/aromatic N) is 2. The average molecular weight is 711 g/mol. The van der Waals surface area contributed by atoms with Gasteiger partial charge in [0.1, 0.15) is 5.58 Å². The number of aromatic nitrogens is 2. The minimum absolute atomic E-state index is 0.0584. The molecule has 0 radical (unpaired) electrons. The third-order valence-corrected chi connectivity index (χ3v) is 13.9. The van der Waals surface area contributed by atoms with Crippen molar-refractivity contribution in [3.8, 4) is 56.0 Å². The summed E-state index contributed by atoms with van der Waals surface area (Å²) in [5.74, 6) is 0.679. The molecule has 55 heavy (non-hydrogen) atoms. The fourth-order valence-corrected chi connectivity index (χ4v) is 11.5. The highest BCUT2D eigenvalue weighted by Crippen LogP contribution is 2.63. The van der Waals surface area contributed by atoms with E-state index in [-0.39, 0.29) is 10.8 Å². The predicted molar refractivity (Wildman–Crippen MR) is 224 cm³/mol. The Kier molecular flexibility index (Phi) is 6.79. The predicted octanol–water partition coefficient (Wildman–Crippen LogP) is 13.8. The summed E-state index contributed by atoms with van der Waals surface area (Å²) in [6.45, 7) is 0. The molecule has 6 aromatic carbocycles. The van der Waals surface area contributed by atoms with Gasteiger partial charge in [-0.3, -0.25) is 0 Å². The van der Waals surface area contributed by atoms with E-state index in [1.807, 2.05) is 12.1 Å². The Hall–Kier alpha value is -5.80. The Morgan fingerprint density at radius 1 is 0.436 bits per heavy atom. The fraction of sp³-hybridized carbons (Fsp3) is 0.231. The molecule has 4 aliphatic carbocycles. The normalized spacial score (nSPS) is 17.4. The highest BCUT2D eigenvalue weighted by atomic mass is 16.3. The molecule has 2 heterocycles. The summed E-state index contributed by atoms with van der Waals surface area (Å²) in [6, 6.07) is 49.5. The average Bonchev–Trinajstić information content (AvgIpc) is 3.85. The van der Waals surface area contributed by atoms with E-state index in [9.17, 15) is 0 Å². The Bertz CT molecular complexity index is 2830. The van der Waals surface area contributed by atoms with Crippen molar-refractivity contribution in [2.75, 3.05) is 0 Å². The lowest BCUT2D eigenvalue weighted by Gasteiger charge is -2.37. The Balaban J connectivity index is 1.06. The molecule has 0 atom stereocenters. The molecule has 4 aliphatic rings. The molecular weight excluding hydrogens is 669 g/mol. The topological polar surface area (TPSA) is 38.9 Å². The number of hydrogen-bond donors (Lipinski definition) is 0. The lowest BCUT2D eigenvalue weighted by molar-refractivity contribution is 0.350. The van der Waals surface area contributed by atoms with Gasteiger partial charge in [-0.2, -0.15) is 4.98 Å². The first kappa shape index (κ1) is 31.5. The zero-order valence-electron chi connectivity index (χ0n) is 31.1. The van der Waals surface area contributed by atoms with Crippen molar-refractivity contribution in [3.05, 3.63) is 156 Å². The number of hydrogen-bond acceptors (Lipinski definition) is 3. The van der Waals surface area contributed by atoms with Crippen molar-refractivity contribution in [3.63, 3.8) is 0 Å². The molecule has 2 fully saturated rings. The van der Waals surface area contributed by atoms with Gasteiger partial charge in [-0.05, 0) is 106 Å². The number of rotatable bonds is 3. The van der Waals surface area contributed by atoms with E-state index < -0.39 is 0 Å². The molecule has 0 aliphatic heterocycles. The Morgan fingerprint density at radius 3 is 1.89 bits per heavy atom. The molecule has 12 rings (SSSR count). The van der Waals surface area contributed by atoms with Crippen molar-refractivity contribution in [1.82, 2.24) is 9.97 Å². The third-order valence-electron chi connectivity index (χ3n) is 13.9. The second kappa shape index (κ2) is 11.8. The summed E-state index contributed by atoms with van der Waals surface area (Å²) in [5, 5.41) is 2.00. The van der Waals surface area contributed by atoms with Crippen LogP contribution in [0.5, 0.6) is 0 Å². The molecule has 2 saturated carbocycles. The molecule has 8 aromatic rings. The monoisotopic (exact) mass is 710 g/mol. The molecule has 3 nitrogen and oxygen atoms in total.